The summed E-state index contributed by atoms with van der Waals surface area (Å²) in [5.74, 6) is 0.905. The second-order valence-corrected chi connectivity index (χ2v) is 12.4. The molecule has 2 unspecified atom stereocenters. The van der Waals surface area contributed by atoms with Gasteiger partial charge in [-0.05, 0) is 75.2 Å². The van der Waals surface area contributed by atoms with E-state index in [0.29, 0.717) is 17.8 Å². The lowest BCUT2D eigenvalue weighted by molar-refractivity contribution is -0.142. The predicted octanol–water partition coefficient (Wildman–Crippen LogP) is 5.79. The molecule has 2 atom stereocenters. The van der Waals surface area contributed by atoms with Gasteiger partial charge in [-0.25, -0.2) is 0 Å². The molecule has 3 aromatic rings. The van der Waals surface area contributed by atoms with Crippen molar-refractivity contribution in [3.63, 3.8) is 0 Å². The molecule has 6 rings (SSSR count). The molecule has 0 radical (unpaired) electrons. The summed E-state index contributed by atoms with van der Waals surface area (Å²) in [4.78, 5) is 17.0. The molecular weight excluding hydrogens is 496 g/mol. The fourth-order valence-corrected chi connectivity index (χ4v) is 7.70. The van der Waals surface area contributed by atoms with Gasteiger partial charge in [0.2, 0.25) is 0 Å². The second-order valence-electron chi connectivity index (χ2n) is 12.4. The van der Waals surface area contributed by atoms with Crippen molar-refractivity contribution in [3.8, 4) is 0 Å². The van der Waals surface area contributed by atoms with Crippen LogP contribution in [0.3, 0.4) is 0 Å². The molecule has 3 heterocycles. The number of carboxylic acid groups (broad SMARTS) is 1. The van der Waals surface area contributed by atoms with Crippen molar-refractivity contribution in [2.45, 2.75) is 75.8 Å². The molecule has 0 bridgehead atoms. The summed E-state index contributed by atoms with van der Waals surface area (Å²) >= 11 is 0. The third kappa shape index (κ3) is 5.75. The Balaban J connectivity index is 1.11. The highest BCUT2D eigenvalue weighted by molar-refractivity contribution is 5.68. The van der Waals surface area contributed by atoms with Crippen molar-refractivity contribution in [3.05, 3.63) is 89.2 Å². The number of piperidine rings is 1. The quantitative estimate of drug-likeness (QED) is 0.353. The number of aliphatic carboxylic acids is 1. The maximum atomic E-state index is 11.8. The van der Waals surface area contributed by atoms with Gasteiger partial charge in [0.05, 0.1) is 12.1 Å². The van der Waals surface area contributed by atoms with Gasteiger partial charge in [-0.2, -0.15) is 5.10 Å². The molecule has 1 saturated carbocycles. The van der Waals surface area contributed by atoms with E-state index in [1.165, 1.54) is 35.4 Å². The van der Waals surface area contributed by atoms with E-state index in [9.17, 15) is 9.90 Å². The van der Waals surface area contributed by atoms with E-state index >= 15 is 0 Å². The van der Waals surface area contributed by atoms with Crippen LogP contribution in [0.5, 0.6) is 0 Å². The van der Waals surface area contributed by atoms with Crippen molar-refractivity contribution in [2.75, 3.05) is 32.7 Å². The van der Waals surface area contributed by atoms with E-state index in [1.54, 1.807) is 0 Å². The molecular formula is C34H44N4O2. The number of aromatic nitrogens is 2. The Morgan fingerprint density at radius 1 is 1.00 bits per heavy atom. The Labute approximate surface area is 239 Å². The van der Waals surface area contributed by atoms with Crippen LogP contribution in [0.2, 0.25) is 0 Å². The molecule has 2 aliphatic heterocycles. The summed E-state index contributed by atoms with van der Waals surface area (Å²) in [6.07, 6.45) is 6.72. The van der Waals surface area contributed by atoms with Crippen LogP contribution in [0.4, 0.5) is 0 Å². The number of carboxylic acids is 1. The zero-order valence-corrected chi connectivity index (χ0v) is 23.9. The molecule has 40 heavy (non-hydrogen) atoms. The fraction of sp³-hybridized carbons (Fsp3) is 0.529. The highest BCUT2D eigenvalue weighted by Gasteiger charge is 2.49. The van der Waals surface area contributed by atoms with E-state index in [4.69, 9.17) is 5.10 Å². The van der Waals surface area contributed by atoms with Gasteiger partial charge in [0, 0.05) is 55.7 Å². The van der Waals surface area contributed by atoms with Crippen LogP contribution >= 0.6 is 0 Å². The van der Waals surface area contributed by atoms with Crippen molar-refractivity contribution >= 4 is 5.97 Å². The number of carbonyl (C=O) groups is 1. The zero-order chi connectivity index (χ0) is 27.5. The van der Waals surface area contributed by atoms with Crippen molar-refractivity contribution in [1.29, 1.82) is 0 Å². The summed E-state index contributed by atoms with van der Waals surface area (Å²) in [6.45, 7) is 8.44. The fourth-order valence-electron chi connectivity index (χ4n) is 7.70. The van der Waals surface area contributed by atoms with Gasteiger partial charge in [0.25, 0.3) is 0 Å². The van der Waals surface area contributed by atoms with Gasteiger partial charge >= 0.3 is 5.97 Å². The smallest absolute Gasteiger partial charge is 0.305 e. The summed E-state index contributed by atoms with van der Waals surface area (Å²) in [7, 11) is 0. The first-order valence-electron chi connectivity index (χ1n) is 15.4. The van der Waals surface area contributed by atoms with Gasteiger partial charge in [-0.15, -0.1) is 0 Å². The van der Waals surface area contributed by atoms with Crippen molar-refractivity contribution in [1.82, 2.24) is 19.6 Å². The van der Waals surface area contributed by atoms with Gasteiger partial charge in [-0.3, -0.25) is 14.4 Å². The normalized spacial score (nSPS) is 23.7. The maximum absolute atomic E-state index is 11.8. The minimum Gasteiger partial charge on any atom is -0.481 e. The molecule has 6 heteroatoms. The van der Waals surface area contributed by atoms with Crippen molar-refractivity contribution in [2.24, 2.45) is 5.92 Å². The SMILES string of the molecule is CCn1nc(Cc2ccccc2)cc1C1CCN(CC2CN(C3(CC(=O)O)CCC3)CC2c2ccccc2)CC1. The average molecular weight is 541 g/mol. The van der Waals surface area contributed by atoms with E-state index in [1.807, 2.05) is 0 Å². The lowest BCUT2D eigenvalue weighted by atomic mass is 9.73. The number of hydrogen-bond donors (Lipinski definition) is 1. The summed E-state index contributed by atoms with van der Waals surface area (Å²) < 4.78 is 2.24. The first-order valence-corrected chi connectivity index (χ1v) is 15.4. The van der Waals surface area contributed by atoms with Crippen LogP contribution in [0, 0.1) is 5.92 Å². The Morgan fingerprint density at radius 3 is 2.33 bits per heavy atom. The van der Waals surface area contributed by atoms with Gasteiger partial charge < -0.3 is 10.0 Å². The van der Waals surface area contributed by atoms with Crippen molar-refractivity contribution < 1.29 is 9.90 Å². The molecule has 3 fully saturated rings. The molecule has 1 N–H and O–H groups in total. The van der Waals surface area contributed by atoms with Crippen LogP contribution in [-0.4, -0.2) is 68.9 Å². The van der Waals surface area contributed by atoms with E-state index in [0.717, 1.165) is 65.0 Å². The Hall–Kier alpha value is -2.96. The monoisotopic (exact) mass is 540 g/mol. The Kier molecular flexibility index (Phi) is 8.08. The second kappa shape index (κ2) is 11.9. The molecule has 6 nitrogen and oxygen atoms in total. The number of rotatable bonds is 10. The van der Waals surface area contributed by atoms with E-state index < -0.39 is 5.97 Å². The van der Waals surface area contributed by atoms with E-state index in [2.05, 4.69) is 88.1 Å². The number of likely N-dealkylation sites (tertiary alicyclic amines) is 2. The average Bonchev–Trinajstić information content (AvgIpc) is 3.56. The number of aryl methyl sites for hydroxylation is 1. The van der Waals surface area contributed by atoms with Gasteiger partial charge in [0.15, 0.2) is 0 Å². The molecule has 0 spiro atoms. The van der Waals surface area contributed by atoms with Crippen LogP contribution in [0.15, 0.2) is 66.7 Å². The van der Waals surface area contributed by atoms with Crippen LogP contribution in [0.1, 0.15) is 79.8 Å². The Bertz CT molecular complexity index is 1260. The van der Waals surface area contributed by atoms with Gasteiger partial charge in [-0.1, -0.05) is 60.7 Å². The predicted molar refractivity (Wildman–Crippen MR) is 159 cm³/mol. The molecule has 0 amide bonds. The molecule has 1 aromatic heterocycles. The molecule has 3 aliphatic rings. The standard InChI is InChI=1S/C34H44N4O2/c1-2-38-32(21-30(35-38)20-26-10-5-3-6-11-26)28-14-18-36(19-15-28)23-29-24-37(34(16-9-17-34)22-33(39)40)25-31(29)27-12-7-4-8-13-27/h3-8,10-13,21,28-29,31H,2,9,14-20,22-25H2,1H3,(H,39,40). The zero-order valence-electron chi connectivity index (χ0n) is 23.9. The largest absolute Gasteiger partial charge is 0.481 e. The van der Waals surface area contributed by atoms with E-state index in [-0.39, 0.29) is 12.0 Å². The Morgan fingerprint density at radius 2 is 1.70 bits per heavy atom. The first-order chi connectivity index (χ1) is 19.5. The third-order valence-corrected chi connectivity index (χ3v) is 9.99. The third-order valence-electron chi connectivity index (χ3n) is 9.99. The lowest BCUT2D eigenvalue weighted by Crippen LogP contribution is -2.54. The van der Waals surface area contributed by atoms with Crippen LogP contribution < -0.4 is 0 Å². The highest BCUT2D eigenvalue weighted by atomic mass is 16.4. The van der Waals surface area contributed by atoms with Gasteiger partial charge in [0.1, 0.15) is 0 Å². The highest BCUT2D eigenvalue weighted by Crippen LogP contribution is 2.46. The topological polar surface area (TPSA) is 61.6 Å². The number of benzene rings is 2. The maximum Gasteiger partial charge on any atom is 0.305 e. The molecule has 1 aliphatic carbocycles. The minimum absolute atomic E-state index is 0.128. The summed E-state index contributed by atoms with van der Waals surface area (Å²) in [6, 6.07) is 24.0. The van der Waals surface area contributed by atoms with Crippen LogP contribution in [0.25, 0.3) is 0 Å². The summed E-state index contributed by atoms with van der Waals surface area (Å²) in [5, 5.41) is 14.6. The molecule has 2 saturated heterocycles. The minimum atomic E-state index is -0.653. The summed E-state index contributed by atoms with van der Waals surface area (Å²) in [5.41, 5.74) is 5.18. The number of nitrogens with zero attached hydrogens (tertiary/aromatic N) is 4. The number of hydrogen-bond acceptors (Lipinski definition) is 4. The first kappa shape index (κ1) is 27.2. The molecule has 212 valence electrons. The van der Waals surface area contributed by atoms with Crippen LogP contribution in [-0.2, 0) is 17.8 Å². The lowest BCUT2D eigenvalue weighted by Gasteiger charge is -2.48. The molecule has 2 aromatic carbocycles.